The molecule has 1 aliphatic heterocycles. The van der Waals surface area contributed by atoms with E-state index in [0.29, 0.717) is 13.2 Å². The van der Waals surface area contributed by atoms with Crippen molar-refractivity contribution in [3.8, 4) is 0 Å². The third kappa shape index (κ3) is 5.38. The molecule has 0 aliphatic carbocycles. The number of carbonyl (C=O) groups is 1. The van der Waals surface area contributed by atoms with Gasteiger partial charge in [0.1, 0.15) is 11.6 Å². The molecule has 0 radical (unpaired) electrons. The van der Waals surface area contributed by atoms with E-state index in [1.165, 1.54) is 6.07 Å². The first kappa shape index (κ1) is 23.1. The van der Waals surface area contributed by atoms with E-state index in [1.54, 1.807) is 40.0 Å². The predicted octanol–water partition coefficient (Wildman–Crippen LogP) is 5.77. The summed E-state index contributed by atoms with van der Waals surface area (Å²) in [6, 6.07) is 9.85. The number of hydrogen-bond donors (Lipinski definition) is 1. The summed E-state index contributed by atoms with van der Waals surface area (Å²) in [5.41, 5.74) is 1.10. The Kier molecular flexibility index (Phi) is 6.92. The van der Waals surface area contributed by atoms with Gasteiger partial charge in [-0.25, -0.2) is 8.78 Å². The lowest BCUT2D eigenvalue weighted by molar-refractivity contribution is -0.123. The van der Waals surface area contributed by atoms with E-state index in [0.717, 1.165) is 30.0 Å². The van der Waals surface area contributed by atoms with Crippen LogP contribution in [0.15, 0.2) is 36.4 Å². The summed E-state index contributed by atoms with van der Waals surface area (Å²) in [6.07, 6.45) is 4.93. The molecule has 0 saturated carbocycles. The zero-order valence-corrected chi connectivity index (χ0v) is 18.4. The number of hydrogen-bond acceptors (Lipinski definition) is 3. The van der Waals surface area contributed by atoms with Crippen molar-refractivity contribution in [2.75, 3.05) is 25.6 Å². The summed E-state index contributed by atoms with van der Waals surface area (Å²) in [5, 5.41) is 2.59. The van der Waals surface area contributed by atoms with Crippen LogP contribution in [0.4, 0.5) is 14.5 Å². The molecule has 0 unspecified atom stereocenters. The number of halogens is 2. The molecule has 6 heteroatoms. The lowest BCUT2D eigenvalue weighted by Gasteiger charge is -2.36. The Bertz CT molecular complexity index is 956. The Morgan fingerprint density at radius 1 is 1.10 bits per heavy atom. The number of nitrogens with one attached hydrogen (secondary N) is 1. The minimum Gasteiger partial charge on any atom is -0.381 e. The molecule has 1 heterocycles. The van der Waals surface area contributed by atoms with Crippen molar-refractivity contribution >= 4 is 23.7 Å². The Hall–Kier alpha value is -2.57. The Morgan fingerprint density at radius 2 is 1.74 bits per heavy atom. The van der Waals surface area contributed by atoms with Gasteiger partial charge in [0, 0.05) is 50.2 Å². The SMILES string of the molecule is COC1(c2ccc(C=Cc3cc(F)cc(F)c3NC(=O)C(C)(C)C)cc2)CCOCC1. The van der Waals surface area contributed by atoms with Crippen LogP contribution in [0.2, 0.25) is 0 Å². The number of methoxy groups -OCH3 is 1. The van der Waals surface area contributed by atoms with E-state index in [-0.39, 0.29) is 22.8 Å². The maximum atomic E-state index is 14.4. The van der Waals surface area contributed by atoms with Gasteiger partial charge in [-0.1, -0.05) is 57.2 Å². The fourth-order valence-corrected chi connectivity index (χ4v) is 3.55. The third-order valence-corrected chi connectivity index (χ3v) is 5.59. The van der Waals surface area contributed by atoms with Crippen LogP contribution in [-0.2, 0) is 19.9 Å². The van der Waals surface area contributed by atoms with E-state index < -0.39 is 17.0 Å². The van der Waals surface area contributed by atoms with Gasteiger partial charge in [0.15, 0.2) is 0 Å². The van der Waals surface area contributed by atoms with Crippen molar-refractivity contribution in [1.82, 2.24) is 0 Å². The normalized spacial score (nSPS) is 16.5. The van der Waals surface area contributed by atoms with Crippen LogP contribution in [0.25, 0.3) is 12.2 Å². The Balaban J connectivity index is 1.85. The first-order valence-electron chi connectivity index (χ1n) is 10.4. The van der Waals surface area contributed by atoms with Gasteiger partial charge < -0.3 is 14.8 Å². The van der Waals surface area contributed by atoms with Gasteiger partial charge in [0.25, 0.3) is 0 Å². The third-order valence-electron chi connectivity index (χ3n) is 5.59. The fourth-order valence-electron chi connectivity index (χ4n) is 3.55. The molecule has 1 saturated heterocycles. The number of amides is 1. The standard InChI is InChI=1S/C25H29F2NO3/c1-24(2,3)23(29)28-22-18(15-20(26)16-21(22)27)8-5-17-6-9-19(10-7-17)25(30-4)11-13-31-14-12-25/h5-10,15-16H,11-14H2,1-4H3,(H,28,29). The van der Waals surface area contributed by atoms with E-state index in [1.807, 2.05) is 24.3 Å². The molecule has 2 aromatic rings. The minimum atomic E-state index is -0.811. The zero-order chi connectivity index (χ0) is 22.6. The van der Waals surface area contributed by atoms with Crippen LogP contribution in [0.5, 0.6) is 0 Å². The maximum Gasteiger partial charge on any atom is 0.229 e. The highest BCUT2D eigenvalue weighted by Gasteiger charge is 2.34. The summed E-state index contributed by atoms with van der Waals surface area (Å²) in [7, 11) is 1.71. The molecule has 4 nitrogen and oxygen atoms in total. The fraction of sp³-hybridized carbons (Fsp3) is 0.400. The van der Waals surface area contributed by atoms with E-state index in [2.05, 4.69) is 5.32 Å². The highest BCUT2D eigenvalue weighted by molar-refractivity contribution is 5.97. The second-order valence-corrected chi connectivity index (χ2v) is 8.82. The van der Waals surface area contributed by atoms with Gasteiger partial charge in [-0.05, 0) is 17.2 Å². The van der Waals surface area contributed by atoms with Crippen LogP contribution >= 0.6 is 0 Å². The van der Waals surface area contributed by atoms with Crippen molar-refractivity contribution < 1.29 is 23.0 Å². The second-order valence-electron chi connectivity index (χ2n) is 8.82. The highest BCUT2D eigenvalue weighted by atomic mass is 19.1. The lowest BCUT2D eigenvalue weighted by atomic mass is 9.85. The van der Waals surface area contributed by atoms with Crippen molar-refractivity contribution in [1.29, 1.82) is 0 Å². The molecule has 1 N–H and O–H groups in total. The number of anilines is 1. The molecule has 3 rings (SSSR count). The van der Waals surface area contributed by atoms with Crippen molar-refractivity contribution in [3.05, 3.63) is 64.7 Å². The quantitative estimate of drug-likeness (QED) is 0.614. The smallest absolute Gasteiger partial charge is 0.229 e. The Labute approximate surface area is 182 Å². The first-order valence-corrected chi connectivity index (χ1v) is 10.4. The molecular formula is C25H29F2NO3. The molecular weight excluding hydrogens is 400 g/mol. The number of benzene rings is 2. The van der Waals surface area contributed by atoms with Gasteiger partial charge in [-0.3, -0.25) is 4.79 Å². The highest BCUT2D eigenvalue weighted by Crippen LogP contribution is 2.35. The van der Waals surface area contributed by atoms with E-state index in [9.17, 15) is 13.6 Å². The zero-order valence-electron chi connectivity index (χ0n) is 18.4. The van der Waals surface area contributed by atoms with Gasteiger partial charge in [0.2, 0.25) is 5.91 Å². The number of carbonyl (C=O) groups excluding carboxylic acids is 1. The number of ether oxygens (including phenoxy) is 2. The molecule has 1 fully saturated rings. The molecule has 166 valence electrons. The topological polar surface area (TPSA) is 47.6 Å². The molecule has 2 aromatic carbocycles. The monoisotopic (exact) mass is 429 g/mol. The average Bonchev–Trinajstić information content (AvgIpc) is 2.74. The van der Waals surface area contributed by atoms with Crippen LogP contribution in [0.1, 0.15) is 50.3 Å². The second kappa shape index (κ2) is 9.28. The van der Waals surface area contributed by atoms with Gasteiger partial charge in [0.05, 0.1) is 11.3 Å². The van der Waals surface area contributed by atoms with Crippen LogP contribution in [-0.4, -0.2) is 26.2 Å². The summed E-state index contributed by atoms with van der Waals surface area (Å²) in [5.74, 6) is -1.87. The van der Waals surface area contributed by atoms with E-state index in [4.69, 9.17) is 9.47 Å². The molecule has 0 bridgehead atoms. The van der Waals surface area contributed by atoms with Gasteiger partial charge >= 0.3 is 0 Å². The van der Waals surface area contributed by atoms with Crippen LogP contribution < -0.4 is 5.32 Å². The molecule has 0 atom stereocenters. The first-order chi connectivity index (χ1) is 14.6. The predicted molar refractivity (Wildman–Crippen MR) is 119 cm³/mol. The van der Waals surface area contributed by atoms with Crippen LogP contribution in [0.3, 0.4) is 0 Å². The molecule has 0 spiro atoms. The van der Waals surface area contributed by atoms with Crippen molar-refractivity contribution in [3.63, 3.8) is 0 Å². The lowest BCUT2D eigenvalue weighted by Crippen LogP contribution is -2.35. The maximum absolute atomic E-state index is 14.4. The Morgan fingerprint density at radius 3 is 2.32 bits per heavy atom. The molecule has 0 aromatic heterocycles. The summed E-state index contributed by atoms with van der Waals surface area (Å²) < 4.78 is 39.5. The summed E-state index contributed by atoms with van der Waals surface area (Å²) in [4.78, 5) is 12.3. The van der Waals surface area contributed by atoms with Gasteiger partial charge in [-0.15, -0.1) is 0 Å². The minimum absolute atomic E-state index is 0.0327. The van der Waals surface area contributed by atoms with Crippen molar-refractivity contribution in [2.24, 2.45) is 5.41 Å². The molecule has 1 aliphatic rings. The summed E-state index contributed by atoms with van der Waals surface area (Å²) in [6.45, 7) is 6.50. The number of rotatable bonds is 5. The van der Waals surface area contributed by atoms with E-state index >= 15 is 0 Å². The summed E-state index contributed by atoms with van der Waals surface area (Å²) >= 11 is 0. The average molecular weight is 430 g/mol. The molecule has 1 amide bonds. The largest absolute Gasteiger partial charge is 0.381 e. The van der Waals surface area contributed by atoms with Crippen molar-refractivity contribution in [2.45, 2.75) is 39.2 Å². The van der Waals surface area contributed by atoms with Crippen LogP contribution in [0, 0.1) is 17.0 Å². The molecule has 31 heavy (non-hydrogen) atoms. The van der Waals surface area contributed by atoms with Gasteiger partial charge in [-0.2, -0.15) is 0 Å².